The fraction of sp³-hybridized carbons (Fsp3) is 0.364. The molecule has 0 saturated carbocycles. The summed E-state index contributed by atoms with van der Waals surface area (Å²) in [7, 11) is -1.62. The molecule has 0 radical (unpaired) electrons. The number of hydrogen-bond donors (Lipinski definition) is 1. The van der Waals surface area contributed by atoms with Crippen LogP contribution in [-0.2, 0) is 26.3 Å². The van der Waals surface area contributed by atoms with Gasteiger partial charge in [0.15, 0.2) is 0 Å². The fourth-order valence-electron chi connectivity index (χ4n) is 3.09. The van der Waals surface area contributed by atoms with E-state index in [9.17, 15) is 22.4 Å². The molecule has 2 aromatic carbocycles. The zero-order chi connectivity index (χ0) is 24.8. The number of nitrogens with one attached hydrogen (secondary N) is 1. The summed E-state index contributed by atoms with van der Waals surface area (Å²) >= 11 is 3.38. The number of benzene rings is 2. The summed E-state index contributed by atoms with van der Waals surface area (Å²) in [5.41, 5.74) is 0.481. The SMILES string of the molecule is CCNC(=O)[C@H](C)N(Cc1cccc(Br)c1)C(=O)CN(c1ccccc1F)S(=O)(=O)N(C)C. The topological polar surface area (TPSA) is 90.0 Å². The summed E-state index contributed by atoms with van der Waals surface area (Å²) in [6.07, 6.45) is 0. The molecule has 1 atom stereocenters. The molecule has 180 valence electrons. The molecule has 0 saturated heterocycles. The Morgan fingerprint density at radius 2 is 1.79 bits per heavy atom. The number of likely N-dealkylation sites (N-methyl/N-ethyl adjacent to an activating group) is 1. The molecule has 11 heteroatoms. The number of carbonyl (C=O) groups excluding carboxylic acids is 2. The van der Waals surface area contributed by atoms with Crippen molar-refractivity contribution >= 4 is 43.6 Å². The molecular weight excluding hydrogens is 515 g/mol. The first-order valence-corrected chi connectivity index (χ1v) is 12.4. The molecule has 1 N–H and O–H groups in total. The van der Waals surface area contributed by atoms with Gasteiger partial charge in [-0.3, -0.25) is 9.59 Å². The molecule has 0 heterocycles. The molecule has 2 aromatic rings. The number of carbonyl (C=O) groups is 2. The Labute approximate surface area is 202 Å². The van der Waals surface area contributed by atoms with Crippen LogP contribution < -0.4 is 9.62 Å². The van der Waals surface area contributed by atoms with Gasteiger partial charge in [-0.25, -0.2) is 8.70 Å². The van der Waals surface area contributed by atoms with Crippen LogP contribution in [-0.4, -0.2) is 62.7 Å². The van der Waals surface area contributed by atoms with Gasteiger partial charge in [-0.1, -0.05) is 40.2 Å². The highest BCUT2D eigenvalue weighted by molar-refractivity contribution is 9.10. The highest BCUT2D eigenvalue weighted by atomic mass is 79.9. The van der Waals surface area contributed by atoms with Crippen LogP contribution in [0.25, 0.3) is 0 Å². The van der Waals surface area contributed by atoms with E-state index in [0.29, 0.717) is 10.8 Å². The Morgan fingerprint density at radius 1 is 1.12 bits per heavy atom. The maximum absolute atomic E-state index is 14.5. The van der Waals surface area contributed by atoms with E-state index in [1.54, 1.807) is 32.0 Å². The van der Waals surface area contributed by atoms with Crippen LogP contribution in [0.1, 0.15) is 19.4 Å². The normalized spacial score (nSPS) is 12.3. The van der Waals surface area contributed by atoms with E-state index < -0.39 is 34.5 Å². The maximum atomic E-state index is 14.5. The molecule has 8 nitrogen and oxygen atoms in total. The highest BCUT2D eigenvalue weighted by Gasteiger charge is 2.33. The van der Waals surface area contributed by atoms with Gasteiger partial charge in [0.25, 0.3) is 0 Å². The zero-order valence-electron chi connectivity index (χ0n) is 19.0. The van der Waals surface area contributed by atoms with E-state index in [-0.39, 0.29) is 18.1 Å². The zero-order valence-corrected chi connectivity index (χ0v) is 21.4. The molecule has 0 aliphatic rings. The lowest BCUT2D eigenvalue weighted by atomic mass is 10.1. The summed E-state index contributed by atoms with van der Waals surface area (Å²) in [6, 6.07) is 11.6. The molecule has 0 aromatic heterocycles. The maximum Gasteiger partial charge on any atom is 0.304 e. The van der Waals surface area contributed by atoms with E-state index in [4.69, 9.17) is 0 Å². The average Bonchev–Trinajstić information content (AvgIpc) is 2.75. The van der Waals surface area contributed by atoms with E-state index in [1.165, 1.54) is 37.2 Å². The smallest absolute Gasteiger partial charge is 0.304 e. The van der Waals surface area contributed by atoms with Crippen LogP contribution in [0.4, 0.5) is 10.1 Å². The Hall–Kier alpha value is -2.50. The van der Waals surface area contributed by atoms with Gasteiger partial charge in [0.2, 0.25) is 11.8 Å². The number of amides is 2. The first kappa shape index (κ1) is 26.7. The van der Waals surface area contributed by atoms with Crippen LogP contribution in [0.5, 0.6) is 0 Å². The van der Waals surface area contributed by atoms with Gasteiger partial charge in [0.05, 0.1) is 5.69 Å². The number of anilines is 1. The van der Waals surface area contributed by atoms with Crippen molar-refractivity contribution in [3.05, 3.63) is 64.4 Å². The van der Waals surface area contributed by atoms with Gasteiger partial charge in [-0.2, -0.15) is 12.7 Å². The predicted molar refractivity (Wildman–Crippen MR) is 129 cm³/mol. The van der Waals surface area contributed by atoms with E-state index in [0.717, 1.165) is 20.4 Å². The van der Waals surface area contributed by atoms with Crippen LogP contribution in [0.2, 0.25) is 0 Å². The van der Waals surface area contributed by atoms with E-state index in [2.05, 4.69) is 21.2 Å². The second kappa shape index (κ2) is 11.6. The van der Waals surface area contributed by atoms with Gasteiger partial charge in [-0.05, 0) is 43.7 Å². The Morgan fingerprint density at radius 3 is 2.36 bits per heavy atom. The Bertz CT molecular complexity index is 1100. The number of hydrogen-bond acceptors (Lipinski definition) is 4. The van der Waals surface area contributed by atoms with Crippen LogP contribution in [0.3, 0.4) is 0 Å². The molecular formula is C22H28BrFN4O4S. The van der Waals surface area contributed by atoms with Gasteiger partial charge < -0.3 is 10.2 Å². The van der Waals surface area contributed by atoms with Gasteiger partial charge >= 0.3 is 10.2 Å². The fourth-order valence-corrected chi connectivity index (χ4v) is 4.60. The molecule has 0 unspecified atom stereocenters. The number of halogens is 2. The van der Waals surface area contributed by atoms with Crippen LogP contribution in [0.15, 0.2) is 53.0 Å². The predicted octanol–water partition coefficient (Wildman–Crippen LogP) is 2.75. The third-order valence-electron chi connectivity index (χ3n) is 4.90. The minimum absolute atomic E-state index is 0.0592. The quantitative estimate of drug-likeness (QED) is 0.499. The Balaban J connectivity index is 2.47. The monoisotopic (exact) mass is 542 g/mol. The molecule has 0 aliphatic carbocycles. The molecule has 0 fully saturated rings. The van der Waals surface area contributed by atoms with E-state index in [1.807, 2.05) is 6.07 Å². The third kappa shape index (κ3) is 6.75. The van der Waals surface area contributed by atoms with Crippen molar-refractivity contribution in [3.63, 3.8) is 0 Å². The van der Waals surface area contributed by atoms with Crippen LogP contribution in [0, 0.1) is 5.82 Å². The second-order valence-corrected chi connectivity index (χ2v) is 10.5. The van der Waals surface area contributed by atoms with Crippen LogP contribution >= 0.6 is 15.9 Å². The van der Waals surface area contributed by atoms with Gasteiger partial charge in [0, 0.05) is 31.7 Å². The largest absolute Gasteiger partial charge is 0.355 e. The third-order valence-corrected chi connectivity index (χ3v) is 7.20. The lowest BCUT2D eigenvalue weighted by Crippen LogP contribution is -2.52. The molecule has 33 heavy (non-hydrogen) atoms. The standard InChI is InChI=1S/C22H28BrFN4O4S/c1-5-25-22(30)16(2)27(14-17-9-8-10-18(23)13-17)21(29)15-28(33(31,32)26(3)4)20-12-7-6-11-19(20)24/h6-13,16H,5,14-15H2,1-4H3,(H,25,30)/t16-/m0/s1. The lowest BCUT2D eigenvalue weighted by molar-refractivity contribution is -0.139. The summed E-state index contributed by atoms with van der Waals surface area (Å²) in [4.78, 5) is 27.3. The van der Waals surface area contributed by atoms with Crippen molar-refractivity contribution in [1.82, 2.24) is 14.5 Å². The van der Waals surface area contributed by atoms with Crippen molar-refractivity contribution < 1.29 is 22.4 Å². The average molecular weight is 543 g/mol. The molecule has 0 bridgehead atoms. The second-order valence-electron chi connectivity index (χ2n) is 7.47. The molecule has 0 spiro atoms. The van der Waals surface area contributed by atoms with Crippen molar-refractivity contribution in [2.45, 2.75) is 26.4 Å². The molecule has 2 rings (SSSR count). The van der Waals surface area contributed by atoms with E-state index >= 15 is 0 Å². The highest BCUT2D eigenvalue weighted by Crippen LogP contribution is 2.24. The minimum Gasteiger partial charge on any atom is -0.355 e. The number of para-hydroxylation sites is 1. The van der Waals surface area contributed by atoms with Crippen molar-refractivity contribution in [1.29, 1.82) is 0 Å². The van der Waals surface area contributed by atoms with Gasteiger partial charge in [0.1, 0.15) is 18.4 Å². The molecule has 2 amide bonds. The first-order valence-electron chi connectivity index (χ1n) is 10.2. The minimum atomic E-state index is -4.21. The van der Waals surface area contributed by atoms with Crippen molar-refractivity contribution in [2.24, 2.45) is 0 Å². The number of rotatable bonds is 10. The molecule has 0 aliphatic heterocycles. The van der Waals surface area contributed by atoms with Crippen molar-refractivity contribution in [2.75, 3.05) is 31.5 Å². The lowest BCUT2D eigenvalue weighted by Gasteiger charge is -2.32. The first-order chi connectivity index (χ1) is 15.5. The number of nitrogens with zero attached hydrogens (tertiary/aromatic N) is 3. The van der Waals surface area contributed by atoms with Gasteiger partial charge in [-0.15, -0.1) is 0 Å². The summed E-state index contributed by atoms with van der Waals surface area (Å²) in [5, 5.41) is 2.68. The Kier molecular flexibility index (Phi) is 9.38. The van der Waals surface area contributed by atoms with Crippen molar-refractivity contribution in [3.8, 4) is 0 Å². The summed E-state index contributed by atoms with van der Waals surface area (Å²) in [6.45, 7) is 3.07. The summed E-state index contributed by atoms with van der Waals surface area (Å²) in [5.74, 6) is -1.82. The summed E-state index contributed by atoms with van der Waals surface area (Å²) < 4.78 is 42.9.